The third-order valence-electron chi connectivity index (χ3n) is 7.22. The van der Waals surface area contributed by atoms with Crippen LogP contribution in [0, 0.1) is 0 Å². The summed E-state index contributed by atoms with van der Waals surface area (Å²) in [6.45, 7) is 10.0. The summed E-state index contributed by atoms with van der Waals surface area (Å²) in [6, 6.07) is 19.7. The van der Waals surface area contributed by atoms with Crippen LogP contribution in [-0.2, 0) is 6.42 Å². The molecule has 0 bridgehead atoms. The van der Waals surface area contributed by atoms with Gasteiger partial charge in [-0.15, -0.1) is 9.24 Å². The maximum Gasteiger partial charge on any atom is 0.141 e. The van der Waals surface area contributed by atoms with E-state index in [0.29, 0.717) is 5.92 Å². The molecular weight excluding hydrogens is 447 g/mol. The summed E-state index contributed by atoms with van der Waals surface area (Å²) in [5, 5.41) is 6.86. The van der Waals surface area contributed by atoms with Crippen LogP contribution in [0.2, 0.25) is 0 Å². The van der Waals surface area contributed by atoms with Crippen molar-refractivity contribution in [1.82, 2.24) is 15.2 Å². The molecule has 1 saturated heterocycles. The van der Waals surface area contributed by atoms with Gasteiger partial charge in [-0.1, -0.05) is 49.9 Å². The number of fused-ring (bicyclic) bond motifs is 1. The second-order valence-electron chi connectivity index (χ2n) is 9.44. The van der Waals surface area contributed by atoms with Crippen molar-refractivity contribution in [2.75, 3.05) is 31.1 Å². The van der Waals surface area contributed by atoms with Crippen LogP contribution in [0.5, 0.6) is 0 Å². The van der Waals surface area contributed by atoms with Gasteiger partial charge in [0.1, 0.15) is 5.82 Å². The lowest BCUT2D eigenvalue weighted by atomic mass is 9.89. The smallest absolute Gasteiger partial charge is 0.141 e. The fourth-order valence-corrected chi connectivity index (χ4v) is 5.64. The number of piperidine rings is 1. The highest BCUT2D eigenvalue weighted by molar-refractivity contribution is 7.16. The first-order valence-corrected chi connectivity index (χ1v) is 13.5. The molecule has 0 spiro atoms. The van der Waals surface area contributed by atoms with Gasteiger partial charge >= 0.3 is 0 Å². The lowest BCUT2D eigenvalue weighted by Crippen LogP contribution is -2.34. The van der Waals surface area contributed by atoms with Gasteiger partial charge in [0.2, 0.25) is 0 Å². The van der Waals surface area contributed by atoms with E-state index in [9.17, 15) is 0 Å². The second kappa shape index (κ2) is 10.8. The van der Waals surface area contributed by atoms with Gasteiger partial charge in [-0.2, -0.15) is 0 Å². The Labute approximate surface area is 211 Å². The van der Waals surface area contributed by atoms with Crippen LogP contribution in [0.25, 0.3) is 23.0 Å². The van der Waals surface area contributed by atoms with Crippen molar-refractivity contribution < 1.29 is 0 Å². The predicted octanol–water partition coefficient (Wildman–Crippen LogP) is 6.65. The average molecular weight is 483 g/mol. The van der Waals surface area contributed by atoms with Crippen molar-refractivity contribution in [3.05, 3.63) is 89.6 Å². The first-order valence-electron chi connectivity index (χ1n) is 12.7. The third-order valence-corrected chi connectivity index (χ3v) is 7.48. The number of likely N-dealkylation sites (tertiary alicyclic amines) is 1. The van der Waals surface area contributed by atoms with Crippen molar-refractivity contribution in [1.29, 1.82) is 0 Å². The Morgan fingerprint density at radius 2 is 1.89 bits per heavy atom. The minimum absolute atomic E-state index is 0.652. The van der Waals surface area contributed by atoms with E-state index in [4.69, 9.17) is 4.98 Å². The summed E-state index contributed by atoms with van der Waals surface area (Å²) in [5.74, 6) is 1.49. The van der Waals surface area contributed by atoms with Gasteiger partial charge in [0.25, 0.3) is 0 Å². The Kier molecular flexibility index (Phi) is 7.32. The number of pyridine rings is 1. The molecule has 1 atom stereocenters. The van der Waals surface area contributed by atoms with Crippen molar-refractivity contribution in [2.24, 2.45) is 0 Å². The number of anilines is 2. The maximum atomic E-state index is 5.10. The van der Waals surface area contributed by atoms with Crippen molar-refractivity contribution in [3.63, 3.8) is 0 Å². The van der Waals surface area contributed by atoms with E-state index >= 15 is 0 Å². The molecule has 180 valence electrons. The molecule has 5 rings (SSSR count). The van der Waals surface area contributed by atoms with Crippen molar-refractivity contribution in [3.8, 4) is 11.3 Å². The lowest BCUT2D eigenvalue weighted by Gasteiger charge is -2.32. The fraction of sp³-hybridized carbons (Fsp3) is 0.300. The molecule has 1 aromatic heterocycles. The topological polar surface area (TPSA) is 40.2 Å². The van der Waals surface area contributed by atoms with Crippen LogP contribution >= 0.6 is 9.24 Å². The van der Waals surface area contributed by atoms with E-state index in [1.165, 1.54) is 49.2 Å². The van der Waals surface area contributed by atoms with Crippen LogP contribution in [0.15, 0.2) is 67.4 Å². The molecule has 0 amide bonds. The van der Waals surface area contributed by atoms with Crippen LogP contribution in [-0.4, -0.2) is 35.7 Å². The molecule has 0 radical (unpaired) electrons. The number of benzene rings is 2. The van der Waals surface area contributed by atoms with E-state index in [-0.39, 0.29) is 0 Å². The Bertz CT molecular complexity index is 1220. The lowest BCUT2D eigenvalue weighted by molar-refractivity contribution is 0.224. The monoisotopic (exact) mass is 482 g/mol. The highest BCUT2D eigenvalue weighted by atomic mass is 31.0. The first kappa shape index (κ1) is 23.8. The normalized spacial score (nSPS) is 16.1. The molecule has 4 nitrogen and oxygen atoms in total. The van der Waals surface area contributed by atoms with Gasteiger partial charge < -0.3 is 15.5 Å². The van der Waals surface area contributed by atoms with Crippen LogP contribution in [0.3, 0.4) is 0 Å². The summed E-state index contributed by atoms with van der Waals surface area (Å²) in [5.41, 5.74) is 8.97. The fourth-order valence-electron chi connectivity index (χ4n) is 5.27. The molecule has 1 fully saturated rings. The number of nitrogens with one attached hydrogen (secondary N) is 2. The zero-order valence-corrected chi connectivity index (χ0v) is 21.7. The molecule has 35 heavy (non-hydrogen) atoms. The molecule has 2 aromatic carbocycles. The molecule has 2 aliphatic heterocycles. The molecule has 0 saturated carbocycles. The number of aryl methyl sites for hydroxylation is 1. The summed E-state index contributed by atoms with van der Waals surface area (Å²) in [4.78, 5) is 7.67. The molecule has 2 N–H and O–H groups in total. The Balaban J connectivity index is 1.42. The largest absolute Gasteiger partial charge is 0.362 e. The molecular formula is C30H35N4P. The third kappa shape index (κ3) is 5.19. The van der Waals surface area contributed by atoms with Crippen LogP contribution < -0.4 is 10.6 Å². The first-order chi connectivity index (χ1) is 17.2. The molecule has 3 aromatic rings. The molecule has 5 heteroatoms. The van der Waals surface area contributed by atoms with E-state index in [2.05, 4.69) is 98.9 Å². The minimum Gasteiger partial charge on any atom is -0.362 e. The zero-order chi connectivity index (χ0) is 24.2. The van der Waals surface area contributed by atoms with Gasteiger partial charge in [-0.3, -0.25) is 0 Å². The Morgan fingerprint density at radius 3 is 2.63 bits per heavy atom. The second-order valence-corrected chi connectivity index (χ2v) is 10.0. The Hall–Kier alpha value is -2.94. The van der Waals surface area contributed by atoms with Crippen LogP contribution in [0.1, 0.15) is 47.9 Å². The van der Waals surface area contributed by atoms with E-state index in [1.54, 1.807) is 0 Å². The summed E-state index contributed by atoms with van der Waals surface area (Å²) < 4.78 is 0. The number of nitrogens with zero attached hydrogens (tertiary/aromatic N) is 2. The Morgan fingerprint density at radius 1 is 1.11 bits per heavy atom. The number of rotatable bonds is 7. The average Bonchev–Trinajstić information content (AvgIpc) is 2.90. The highest BCUT2D eigenvalue weighted by Gasteiger charge is 2.21. The van der Waals surface area contributed by atoms with Crippen molar-refractivity contribution >= 4 is 32.5 Å². The standard InChI is InChI=1S/C30H35N4P/c1-3-22-6-4-5-7-27(22)28-20-25-12-15-31-21(2)29(25)30(33-28)32-26-10-8-23(9-11-26)24-13-16-34(17-14-24)18-19-35/h4-12,15,20,24,31H,2-3,13-14,16-19,35H2,1H3,(H,32,33). The zero-order valence-electron chi connectivity index (χ0n) is 20.6. The van der Waals surface area contributed by atoms with E-state index < -0.39 is 0 Å². The molecule has 0 aliphatic carbocycles. The maximum absolute atomic E-state index is 5.10. The van der Waals surface area contributed by atoms with E-state index in [1.807, 2.05) is 6.20 Å². The predicted molar refractivity (Wildman–Crippen MR) is 153 cm³/mol. The van der Waals surface area contributed by atoms with Gasteiger partial charge in [-0.25, -0.2) is 4.98 Å². The quantitative estimate of drug-likeness (QED) is 0.370. The number of hydrogen-bond donors (Lipinski definition) is 2. The van der Waals surface area contributed by atoms with E-state index in [0.717, 1.165) is 46.6 Å². The number of aromatic nitrogens is 1. The van der Waals surface area contributed by atoms with Gasteiger partial charge in [0, 0.05) is 35.3 Å². The highest BCUT2D eigenvalue weighted by Crippen LogP contribution is 2.35. The molecule has 3 heterocycles. The van der Waals surface area contributed by atoms with Gasteiger partial charge in [0.15, 0.2) is 0 Å². The minimum atomic E-state index is 0.652. The van der Waals surface area contributed by atoms with Crippen LogP contribution in [0.4, 0.5) is 11.5 Å². The van der Waals surface area contributed by atoms with Gasteiger partial charge in [-0.05, 0) is 85.4 Å². The summed E-state index contributed by atoms with van der Waals surface area (Å²) in [6.07, 6.45) is 8.66. The molecule has 2 aliphatic rings. The van der Waals surface area contributed by atoms with Gasteiger partial charge in [0.05, 0.1) is 5.69 Å². The summed E-state index contributed by atoms with van der Waals surface area (Å²) in [7, 11) is 2.84. The SMILES string of the molecule is C=C1NC=Cc2cc(-c3ccccc3CC)nc(Nc3ccc(C4CCN(CCP)CC4)cc3)c21. The summed E-state index contributed by atoms with van der Waals surface area (Å²) >= 11 is 0. The molecule has 1 unspecified atom stereocenters. The number of hydrogen-bond acceptors (Lipinski definition) is 4. The van der Waals surface area contributed by atoms with Crippen molar-refractivity contribution in [2.45, 2.75) is 32.1 Å².